The highest BCUT2D eigenvalue weighted by atomic mass is 35.5. The fourth-order valence-electron chi connectivity index (χ4n) is 2.45. The van der Waals surface area contributed by atoms with Gasteiger partial charge in [0, 0.05) is 23.3 Å². The molecule has 0 spiro atoms. The molecule has 5 heteroatoms. The van der Waals surface area contributed by atoms with Crippen LogP contribution in [0.3, 0.4) is 0 Å². The van der Waals surface area contributed by atoms with Crippen LogP contribution in [-0.2, 0) is 13.0 Å². The molecule has 0 radical (unpaired) electrons. The van der Waals surface area contributed by atoms with Gasteiger partial charge in [-0.1, -0.05) is 34.3 Å². The lowest BCUT2D eigenvalue weighted by molar-refractivity contribution is 0.556. The van der Waals surface area contributed by atoms with Gasteiger partial charge < -0.3 is 4.90 Å². The average molecular weight is 280 g/mol. The quantitative estimate of drug-likeness (QED) is 0.842. The van der Waals surface area contributed by atoms with Gasteiger partial charge in [0.15, 0.2) is 0 Å². The maximum atomic E-state index is 6.10. The van der Waals surface area contributed by atoms with Crippen molar-refractivity contribution in [2.45, 2.75) is 32.4 Å². The first-order valence-corrected chi connectivity index (χ1v) is 7.22. The second kappa shape index (κ2) is 4.86. The third kappa shape index (κ3) is 2.10. The summed E-state index contributed by atoms with van der Waals surface area (Å²) < 4.78 is 4.60. The lowest BCUT2D eigenvalue weighted by atomic mass is 9.96. The number of hydrogen-bond acceptors (Lipinski definition) is 4. The highest BCUT2D eigenvalue weighted by Crippen LogP contribution is 2.32. The molecule has 0 saturated carbocycles. The molecule has 1 aliphatic heterocycles. The van der Waals surface area contributed by atoms with Gasteiger partial charge in [0.1, 0.15) is 10.0 Å². The standard InChI is InChI=1S/C13H14ClN3S/c1-9-6-7-10-4-2-3-5-12(10)17(9)8-11-13(14)18-16-15-11/h2-5,9H,6-8H2,1H3/t9-/m1/s1. The Morgan fingerprint density at radius 2 is 2.28 bits per heavy atom. The van der Waals surface area contributed by atoms with Crippen molar-refractivity contribution in [1.82, 2.24) is 9.59 Å². The molecule has 1 atom stereocenters. The molecule has 3 rings (SSSR count). The molecule has 0 bridgehead atoms. The van der Waals surface area contributed by atoms with Gasteiger partial charge in [-0.05, 0) is 31.4 Å². The number of aryl methyl sites for hydroxylation is 1. The van der Waals surface area contributed by atoms with Crippen molar-refractivity contribution in [1.29, 1.82) is 0 Å². The van der Waals surface area contributed by atoms with Crippen LogP contribution in [0.25, 0.3) is 0 Å². The van der Waals surface area contributed by atoms with Gasteiger partial charge in [-0.2, -0.15) is 0 Å². The first-order chi connectivity index (χ1) is 8.75. The minimum atomic E-state index is 0.512. The maximum Gasteiger partial charge on any atom is 0.139 e. The van der Waals surface area contributed by atoms with Gasteiger partial charge >= 0.3 is 0 Å². The van der Waals surface area contributed by atoms with E-state index in [9.17, 15) is 0 Å². The number of hydrogen-bond donors (Lipinski definition) is 0. The molecule has 2 aromatic rings. The van der Waals surface area contributed by atoms with Gasteiger partial charge in [-0.3, -0.25) is 0 Å². The highest BCUT2D eigenvalue weighted by Gasteiger charge is 2.24. The van der Waals surface area contributed by atoms with Crippen LogP contribution in [-0.4, -0.2) is 15.6 Å². The lowest BCUT2D eigenvalue weighted by Gasteiger charge is -2.36. The summed E-state index contributed by atoms with van der Waals surface area (Å²) >= 11 is 7.35. The van der Waals surface area contributed by atoms with E-state index in [-0.39, 0.29) is 0 Å². The molecule has 0 unspecified atom stereocenters. The van der Waals surface area contributed by atoms with E-state index in [1.165, 1.54) is 29.2 Å². The fourth-order valence-corrected chi connectivity index (χ4v) is 3.07. The molecule has 0 fully saturated rings. The van der Waals surface area contributed by atoms with Gasteiger partial charge in [0.25, 0.3) is 0 Å². The summed E-state index contributed by atoms with van der Waals surface area (Å²) in [6.07, 6.45) is 2.32. The van der Waals surface area contributed by atoms with Crippen molar-refractivity contribution >= 4 is 28.8 Å². The molecule has 0 saturated heterocycles. The van der Waals surface area contributed by atoms with Gasteiger partial charge in [0.05, 0.1) is 6.54 Å². The van der Waals surface area contributed by atoms with E-state index in [1.807, 2.05) is 0 Å². The van der Waals surface area contributed by atoms with E-state index in [0.717, 1.165) is 18.7 Å². The van der Waals surface area contributed by atoms with Crippen LogP contribution in [0, 0.1) is 0 Å². The Labute approximate surface area is 116 Å². The largest absolute Gasteiger partial charge is 0.363 e. The normalized spacial score (nSPS) is 18.8. The lowest BCUT2D eigenvalue weighted by Crippen LogP contribution is -2.36. The fraction of sp³-hybridized carbons (Fsp3) is 0.385. The van der Waals surface area contributed by atoms with Crippen LogP contribution in [0.1, 0.15) is 24.6 Å². The molecule has 18 heavy (non-hydrogen) atoms. The molecule has 1 aromatic carbocycles. The van der Waals surface area contributed by atoms with E-state index in [1.54, 1.807) is 0 Å². The van der Waals surface area contributed by atoms with Crippen LogP contribution >= 0.6 is 23.1 Å². The number of anilines is 1. The number of halogens is 1. The number of benzene rings is 1. The van der Waals surface area contributed by atoms with Crippen molar-refractivity contribution in [2.24, 2.45) is 0 Å². The predicted octanol–water partition coefficient (Wildman–Crippen LogP) is 3.53. The summed E-state index contributed by atoms with van der Waals surface area (Å²) in [7, 11) is 0. The summed E-state index contributed by atoms with van der Waals surface area (Å²) in [4.78, 5) is 2.38. The van der Waals surface area contributed by atoms with Crippen molar-refractivity contribution in [2.75, 3.05) is 4.90 Å². The Hall–Kier alpha value is -1.13. The van der Waals surface area contributed by atoms with Gasteiger partial charge in [-0.25, -0.2) is 0 Å². The van der Waals surface area contributed by atoms with Crippen molar-refractivity contribution in [3.63, 3.8) is 0 Å². The Kier molecular flexibility index (Phi) is 3.22. The van der Waals surface area contributed by atoms with E-state index >= 15 is 0 Å². The molecule has 0 aliphatic carbocycles. The van der Waals surface area contributed by atoms with Crippen molar-refractivity contribution in [3.8, 4) is 0 Å². The Morgan fingerprint density at radius 3 is 3.06 bits per heavy atom. The molecule has 3 nitrogen and oxygen atoms in total. The Balaban J connectivity index is 1.93. The van der Waals surface area contributed by atoms with Crippen LogP contribution in [0.4, 0.5) is 5.69 Å². The monoisotopic (exact) mass is 279 g/mol. The van der Waals surface area contributed by atoms with E-state index in [0.29, 0.717) is 10.4 Å². The molecule has 94 valence electrons. The molecular formula is C13H14ClN3S. The van der Waals surface area contributed by atoms with Crippen LogP contribution in [0.15, 0.2) is 24.3 Å². The third-order valence-corrected chi connectivity index (χ3v) is 4.48. The Bertz CT molecular complexity index is 555. The second-order valence-electron chi connectivity index (χ2n) is 4.64. The minimum absolute atomic E-state index is 0.512. The number of aromatic nitrogens is 2. The topological polar surface area (TPSA) is 29.0 Å². The summed E-state index contributed by atoms with van der Waals surface area (Å²) in [5.74, 6) is 0. The van der Waals surface area contributed by atoms with Crippen LogP contribution < -0.4 is 4.90 Å². The number of fused-ring (bicyclic) bond motifs is 1. The molecule has 0 N–H and O–H groups in total. The molecule has 1 aromatic heterocycles. The smallest absolute Gasteiger partial charge is 0.139 e. The first kappa shape index (κ1) is 11.9. The second-order valence-corrected chi connectivity index (χ2v) is 5.99. The number of nitrogens with zero attached hydrogens (tertiary/aromatic N) is 3. The zero-order valence-electron chi connectivity index (χ0n) is 10.1. The van der Waals surface area contributed by atoms with Crippen molar-refractivity contribution in [3.05, 3.63) is 39.9 Å². The third-order valence-electron chi connectivity index (χ3n) is 3.49. The molecule has 0 amide bonds. The summed E-state index contributed by atoms with van der Waals surface area (Å²) in [5.41, 5.74) is 3.60. The maximum absolute atomic E-state index is 6.10. The number of para-hydroxylation sites is 1. The SMILES string of the molecule is C[C@@H]1CCc2ccccc2N1Cc1nnsc1Cl. The van der Waals surface area contributed by atoms with E-state index in [2.05, 4.69) is 45.7 Å². The first-order valence-electron chi connectivity index (χ1n) is 6.07. The summed E-state index contributed by atoms with van der Waals surface area (Å²) in [6.45, 7) is 3.00. The highest BCUT2D eigenvalue weighted by molar-refractivity contribution is 7.10. The molecule has 2 heterocycles. The molecular weight excluding hydrogens is 266 g/mol. The van der Waals surface area contributed by atoms with Crippen LogP contribution in [0.2, 0.25) is 4.34 Å². The zero-order chi connectivity index (χ0) is 12.5. The summed E-state index contributed by atoms with van der Waals surface area (Å²) in [5, 5.41) is 4.11. The average Bonchev–Trinajstić information content (AvgIpc) is 2.79. The molecule has 1 aliphatic rings. The van der Waals surface area contributed by atoms with Crippen molar-refractivity contribution < 1.29 is 0 Å². The zero-order valence-corrected chi connectivity index (χ0v) is 11.7. The predicted molar refractivity (Wildman–Crippen MR) is 75.3 cm³/mol. The summed E-state index contributed by atoms with van der Waals surface area (Å²) in [6, 6.07) is 9.08. The minimum Gasteiger partial charge on any atom is -0.363 e. The van der Waals surface area contributed by atoms with E-state index < -0.39 is 0 Å². The van der Waals surface area contributed by atoms with Gasteiger partial charge in [0.2, 0.25) is 0 Å². The number of rotatable bonds is 2. The Morgan fingerprint density at radius 1 is 1.44 bits per heavy atom. The van der Waals surface area contributed by atoms with Crippen LogP contribution in [0.5, 0.6) is 0 Å². The van der Waals surface area contributed by atoms with Gasteiger partial charge in [-0.15, -0.1) is 5.10 Å². The van der Waals surface area contributed by atoms with E-state index in [4.69, 9.17) is 11.6 Å².